The SMILES string of the molecule is CN(C)CCCNC(=O)c1cccc(-c2[nH]c(O)c3c2C(=O)N=C3c2ccc(Cl)cc2)c1. The topological polar surface area (TPSA) is 97.8 Å². The predicted molar refractivity (Wildman–Crippen MR) is 125 cm³/mol. The van der Waals surface area contributed by atoms with Crippen LogP contribution in [0.25, 0.3) is 11.3 Å². The minimum Gasteiger partial charge on any atom is -0.494 e. The molecule has 0 unspecified atom stereocenters. The molecule has 0 atom stereocenters. The lowest BCUT2D eigenvalue weighted by Crippen LogP contribution is -2.27. The minimum absolute atomic E-state index is 0.145. The van der Waals surface area contributed by atoms with Crippen molar-refractivity contribution in [2.75, 3.05) is 27.2 Å². The van der Waals surface area contributed by atoms with Crippen LogP contribution in [0.3, 0.4) is 0 Å². The van der Waals surface area contributed by atoms with Crippen molar-refractivity contribution < 1.29 is 14.7 Å². The normalized spacial score (nSPS) is 12.8. The number of hydrogen-bond acceptors (Lipinski definition) is 4. The average Bonchev–Trinajstić information content (AvgIpc) is 3.30. The molecule has 2 amide bonds. The number of aromatic hydroxyl groups is 1. The zero-order chi connectivity index (χ0) is 22.8. The van der Waals surface area contributed by atoms with Crippen molar-refractivity contribution in [3.8, 4) is 17.1 Å². The molecule has 0 radical (unpaired) electrons. The first kappa shape index (κ1) is 21.8. The van der Waals surface area contributed by atoms with Crippen molar-refractivity contribution in [1.29, 1.82) is 0 Å². The van der Waals surface area contributed by atoms with E-state index in [4.69, 9.17) is 11.6 Å². The van der Waals surface area contributed by atoms with Crippen LogP contribution in [0.5, 0.6) is 5.88 Å². The van der Waals surface area contributed by atoms with E-state index >= 15 is 0 Å². The Hall–Kier alpha value is -3.42. The monoisotopic (exact) mass is 450 g/mol. The Balaban J connectivity index is 1.62. The molecular formula is C24H23ClN4O3. The first-order valence-electron chi connectivity index (χ1n) is 10.2. The summed E-state index contributed by atoms with van der Waals surface area (Å²) in [5, 5.41) is 14.1. The van der Waals surface area contributed by atoms with Gasteiger partial charge in [0.05, 0.1) is 22.5 Å². The van der Waals surface area contributed by atoms with Crippen LogP contribution in [0.4, 0.5) is 0 Å². The fourth-order valence-electron chi connectivity index (χ4n) is 3.69. The third kappa shape index (κ3) is 4.30. The number of H-pyrrole nitrogens is 1. The van der Waals surface area contributed by atoms with Crippen molar-refractivity contribution in [3.63, 3.8) is 0 Å². The molecule has 164 valence electrons. The van der Waals surface area contributed by atoms with Crippen molar-refractivity contribution in [2.24, 2.45) is 4.99 Å². The molecular weight excluding hydrogens is 428 g/mol. The molecule has 1 aliphatic heterocycles. The van der Waals surface area contributed by atoms with Gasteiger partial charge in [-0.05, 0) is 56.9 Å². The molecule has 0 fully saturated rings. The molecule has 2 aromatic carbocycles. The number of fused-ring (bicyclic) bond motifs is 1. The van der Waals surface area contributed by atoms with E-state index in [0.29, 0.717) is 45.2 Å². The zero-order valence-electron chi connectivity index (χ0n) is 17.8. The van der Waals surface area contributed by atoms with Crippen LogP contribution < -0.4 is 5.32 Å². The fourth-order valence-corrected chi connectivity index (χ4v) is 3.82. The highest BCUT2D eigenvalue weighted by Gasteiger charge is 2.33. The number of carbonyl (C=O) groups excluding carboxylic acids is 2. The highest BCUT2D eigenvalue weighted by molar-refractivity contribution is 6.32. The second-order valence-corrected chi connectivity index (χ2v) is 8.30. The number of benzene rings is 2. The molecule has 3 N–H and O–H groups in total. The zero-order valence-corrected chi connectivity index (χ0v) is 18.5. The molecule has 8 heteroatoms. The smallest absolute Gasteiger partial charge is 0.280 e. The second kappa shape index (κ2) is 8.98. The van der Waals surface area contributed by atoms with Gasteiger partial charge in [-0.1, -0.05) is 35.9 Å². The number of aliphatic imine (C=N–C) groups is 1. The lowest BCUT2D eigenvalue weighted by Gasteiger charge is -2.10. The number of halogens is 1. The number of aromatic amines is 1. The Labute approximate surface area is 190 Å². The summed E-state index contributed by atoms with van der Waals surface area (Å²) in [6.07, 6.45) is 0.843. The number of carbonyl (C=O) groups is 2. The maximum absolute atomic E-state index is 12.7. The quantitative estimate of drug-likeness (QED) is 0.478. The van der Waals surface area contributed by atoms with Crippen LogP contribution in [0.15, 0.2) is 53.5 Å². The molecule has 0 bridgehead atoms. The van der Waals surface area contributed by atoms with E-state index in [-0.39, 0.29) is 17.4 Å². The van der Waals surface area contributed by atoms with Crippen LogP contribution in [0.1, 0.15) is 38.3 Å². The summed E-state index contributed by atoms with van der Waals surface area (Å²) in [6, 6.07) is 13.8. The van der Waals surface area contributed by atoms with Gasteiger partial charge < -0.3 is 20.3 Å². The van der Waals surface area contributed by atoms with Gasteiger partial charge in [-0.3, -0.25) is 9.59 Å². The van der Waals surface area contributed by atoms with Gasteiger partial charge in [-0.25, -0.2) is 4.99 Å². The van der Waals surface area contributed by atoms with Gasteiger partial charge in [0.2, 0.25) is 0 Å². The van der Waals surface area contributed by atoms with E-state index in [0.717, 1.165) is 13.0 Å². The van der Waals surface area contributed by atoms with Gasteiger partial charge in [0.25, 0.3) is 11.8 Å². The number of aromatic nitrogens is 1. The summed E-state index contributed by atoms with van der Waals surface area (Å²) in [6.45, 7) is 1.45. The van der Waals surface area contributed by atoms with E-state index in [1.54, 1.807) is 48.5 Å². The maximum Gasteiger partial charge on any atom is 0.280 e. The summed E-state index contributed by atoms with van der Waals surface area (Å²) < 4.78 is 0. The van der Waals surface area contributed by atoms with Crippen LogP contribution in [0, 0.1) is 0 Å². The Bertz CT molecular complexity index is 1210. The molecule has 4 rings (SSSR count). The van der Waals surface area contributed by atoms with Gasteiger partial charge in [0.15, 0.2) is 5.88 Å². The molecule has 1 aromatic heterocycles. The number of nitrogens with zero attached hydrogens (tertiary/aromatic N) is 2. The van der Waals surface area contributed by atoms with Crippen molar-refractivity contribution in [1.82, 2.24) is 15.2 Å². The van der Waals surface area contributed by atoms with Gasteiger partial charge >= 0.3 is 0 Å². The fraction of sp³-hybridized carbons (Fsp3) is 0.208. The standard InChI is InChI=1S/C24H23ClN4O3/c1-29(2)12-4-11-26-22(30)16-6-3-5-15(13-16)21-19-18(23(31)28-21)20(27-24(19)32)14-7-9-17(25)10-8-14/h3,5-10,13,28,31H,4,11-12H2,1-2H3,(H,26,30). The van der Waals surface area contributed by atoms with Gasteiger partial charge in [0, 0.05) is 22.7 Å². The van der Waals surface area contributed by atoms with Gasteiger partial charge in [-0.2, -0.15) is 0 Å². The Morgan fingerprint density at radius 2 is 1.88 bits per heavy atom. The highest BCUT2D eigenvalue weighted by Crippen LogP contribution is 2.38. The molecule has 3 aromatic rings. The van der Waals surface area contributed by atoms with E-state index in [9.17, 15) is 14.7 Å². The lowest BCUT2D eigenvalue weighted by molar-refractivity contribution is 0.0951. The average molecular weight is 451 g/mol. The highest BCUT2D eigenvalue weighted by atomic mass is 35.5. The largest absolute Gasteiger partial charge is 0.494 e. The Kier molecular flexibility index (Phi) is 6.12. The molecule has 32 heavy (non-hydrogen) atoms. The summed E-state index contributed by atoms with van der Waals surface area (Å²) in [7, 11) is 3.97. The predicted octanol–water partition coefficient (Wildman–Crippen LogP) is 3.71. The summed E-state index contributed by atoms with van der Waals surface area (Å²) >= 11 is 5.96. The van der Waals surface area contributed by atoms with Crippen molar-refractivity contribution >= 4 is 29.1 Å². The second-order valence-electron chi connectivity index (χ2n) is 7.86. The number of hydrogen-bond donors (Lipinski definition) is 3. The molecule has 7 nitrogen and oxygen atoms in total. The van der Waals surface area contributed by atoms with E-state index < -0.39 is 5.91 Å². The molecule has 0 saturated heterocycles. The van der Waals surface area contributed by atoms with Crippen molar-refractivity contribution in [3.05, 3.63) is 75.8 Å². The third-order valence-electron chi connectivity index (χ3n) is 5.24. The van der Waals surface area contributed by atoms with Crippen LogP contribution >= 0.6 is 11.6 Å². The van der Waals surface area contributed by atoms with Gasteiger partial charge in [0.1, 0.15) is 0 Å². The van der Waals surface area contributed by atoms with E-state index in [2.05, 4.69) is 20.2 Å². The first-order chi connectivity index (χ1) is 15.3. The van der Waals surface area contributed by atoms with E-state index in [1.807, 2.05) is 14.1 Å². The summed E-state index contributed by atoms with van der Waals surface area (Å²) in [4.78, 5) is 34.4. The molecule has 0 spiro atoms. The van der Waals surface area contributed by atoms with Crippen LogP contribution in [-0.4, -0.2) is 59.7 Å². The lowest BCUT2D eigenvalue weighted by atomic mass is 9.99. The molecule has 0 aliphatic carbocycles. The Morgan fingerprint density at radius 1 is 1.12 bits per heavy atom. The minimum atomic E-state index is -0.449. The summed E-state index contributed by atoms with van der Waals surface area (Å²) in [5.41, 5.74) is 3.21. The van der Waals surface area contributed by atoms with Crippen LogP contribution in [0.2, 0.25) is 5.02 Å². The third-order valence-corrected chi connectivity index (χ3v) is 5.49. The summed E-state index contributed by atoms with van der Waals surface area (Å²) in [5.74, 6) is -0.786. The number of nitrogens with one attached hydrogen (secondary N) is 2. The maximum atomic E-state index is 12.7. The molecule has 2 heterocycles. The molecule has 1 aliphatic rings. The Morgan fingerprint density at radius 3 is 2.59 bits per heavy atom. The molecule has 0 saturated carbocycles. The van der Waals surface area contributed by atoms with E-state index in [1.165, 1.54) is 0 Å². The number of amides is 2. The van der Waals surface area contributed by atoms with Crippen LogP contribution in [-0.2, 0) is 0 Å². The van der Waals surface area contributed by atoms with Gasteiger partial charge in [-0.15, -0.1) is 0 Å². The van der Waals surface area contributed by atoms with Crippen molar-refractivity contribution in [2.45, 2.75) is 6.42 Å². The first-order valence-corrected chi connectivity index (χ1v) is 10.6. The number of rotatable bonds is 7.